The van der Waals surface area contributed by atoms with Crippen LogP contribution in [0.4, 0.5) is 5.69 Å². The molecule has 1 aromatic heterocycles. The first-order valence-electron chi connectivity index (χ1n) is 5.26. The molecule has 2 N–H and O–H groups in total. The van der Waals surface area contributed by atoms with E-state index in [1.165, 1.54) is 0 Å². The summed E-state index contributed by atoms with van der Waals surface area (Å²) in [6.07, 6.45) is 0.360. The van der Waals surface area contributed by atoms with Crippen LogP contribution < -0.4 is 5.32 Å². The van der Waals surface area contributed by atoms with Gasteiger partial charge in [-0.1, -0.05) is 6.07 Å². The molecule has 0 aliphatic heterocycles. The van der Waals surface area contributed by atoms with Gasteiger partial charge in [0.1, 0.15) is 5.75 Å². The van der Waals surface area contributed by atoms with Crippen molar-refractivity contribution in [3.05, 3.63) is 46.2 Å². The molecule has 1 aromatic carbocycles. The second-order valence-electron chi connectivity index (χ2n) is 3.81. The molecule has 0 atom stereocenters. The van der Waals surface area contributed by atoms with Gasteiger partial charge in [0.2, 0.25) is 5.91 Å². The minimum absolute atomic E-state index is 0.0721. The van der Waals surface area contributed by atoms with Gasteiger partial charge in [-0.15, -0.1) is 0 Å². The van der Waals surface area contributed by atoms with Crippen LogP contribution in [0.5, 0.6) is 5.75 Å². The van der Waals surface area contributed by atoms with E-state index in [1.807, 2.05) is 16.8 Å². The number of nitrogens with one attached hydrogen (secondary N) is 1. The van der Waals surface area contributed by atoms with Gasteiger partial charge in [0.05, 0.1) is 6.42 Å². The molecule has 0 aliphatic carbocycles. The molecular formula is C13H13NO2S. The molecule has 1 amide bonds. The van der Waals surface area contributed by atoms with E-state index < -0.39 is 0 Å². The molecule has 0 saturated heterocycles. The standard InChI is InChI=1S/C13H13NO2S/c1-9-11(3-2-4-12(9)15)14-13(16)7-10-5-6-17-8-10/h2-6,8,15H,7H2,1H3,(H,14,16). The Morgan fingerprint density at radius 1 is 1.41 bits per heavy atom. The summed E-state index contributed by atoms with van der Waals surface area (Å²) >= 11 is 1.57. The normalized spacial score (nSPS) is 10.2. The summed E-state index contributed by atoms with van der Waals surface area (Å²) in [5.74, 6) is 0.121. The number of hydrogen-bond donors (Lipinski definition) is 2. The molecule has 0 saturated carbocycles. The average molecular weight is 247 g/mol. The smallest absolute Gasteiger partial charge is 0.228 e. The van der Waals surface area contributed by atoms with Crippen molar-refractivity contribution in [2.24, 2.45) is 0 Å². The van der Waals surface area contributed by atoms with Crippen LogP contribution in [0.3, 0.4) is 0 Å². The number of hydrogen-bond acceptors (Lipinski definition) is 3. The Balaban J connectivity index is 2.06. The van der Waals surface area contributed by atoms with Crippen LogP contribution in [-0.4, -0.2) is 11.0 Å². The maximum absolute atomic E-state index is 11.8. The van der Waals surface area contributed by atoms with E-state index in [2.05, 4.69) is 5.32 Å². The summed E-state index contributed by atoms with van der Waals surface area (Å²) in [5.41, 5.74) is 2.35. The number of anilines is 1. The summed E-state index contributed by atoms with van der Waals surface area (Å²) in [6.45, 7) is 1.77. The van der Waals surface area contributed by atoms with Gasteiger partial charge in [-0.2, -0.15) is 11.3 Å². The van der Waals surface area contributed by atoms with Gasteiger partial charge < -0.3 is 10.4 Å². The van der Waals surface area contributed by atoms with Crippen molar-refractivity contribution in [2.75, 3.05) is 5.32 Å². The molecule has 4 heteroatoms. The minimum Gasteiger partial charge on any atom is -0.508 e. The van der Waals surface area contributed by atoms with E-state index >= 15 is 0 Å². The Morgan fingerprint density at radius 3 is 2.94 bits per heavy atom. The molecular weight excluding hydrogens is 234 g/mol. The Labute approximate surface area is 104 Å². The molecule has 0 unspecified atom stereocenters. The monoisotopic (exact) mass is 247 g/mol. The molecule has 0 fully saturated rings. The molecule has 0 bridgehead atoms. The molecule has 0 radical (unpaired) electrons. The van der Waals surface area contributed by atoms with Crippen LogP contribution in [0.25, 0.3) is 0 Å². The largest absolute Gasteiger partial charge is 0.508 e. The third-order valence-electron chi connectivity index (χ3n) is 2.52. The maximum Gasteiger partial charge on any atom is 0.228 e. The topological polar surface area (TPSA) is 49.3 Å². The zero-order valence-corrected chi connectivity index (χ0v) is 10.3. The van der Waals surface area contributed by atoms with Crippen LogP contribution in [0, 0.1) is 6.92 Å². The van der Waals surface area contributed by atoms with E-state index in [0.717, 1.165) is 5.56 Å². The lowest BCUT2D eigenvalue weighted by Gasteiger charge is -2.08. The third-order valence-corrected chi connectivity index (χ3v) is 3.26. The van der Waals surface area contributed by atoms with Gasteiger partial charge in [0.25, 0.3) is 0 Å². The number of thiophene rings is 1. The van der Waals surface area contributed by atoms with Gasteiger partial charge in [-0.3, -0.25) is 4.79 Å². The highest BCUT2D eigenvalue weighted by Gasteiger charge is 2.07. The zero-order valence-electron chi connectivity index (χ0n) is 9.43. The molecule has 17 heavy (non-hydrogen) atoms. The second-order valence-corrected chi connectivity index (χ2v) is 4.59. The van der Waals surface area contributed by atoms with Gasteiger partial charge in [-0.05, 0) is 41.4 Å². The molecule has 3 nitrogen and oxygen atoms in total. The quantitative estimate of drug-likeness (QED) is 0.876. The van der Waals surface area contributed by atoms with Crippen molar-refractivity contribution in [1.82, 2.24) is 0 Å². The van der Waals surface area contributed by atoms with Gasteiger partial charge in [0.15, 0.2) is 0 Å². The van der Waals surface area contributed by atoms with Gasteiger partial charge in [-0.25, -0.2) is 0 Å². The molecule has 88 valence electrons. The molecule has 0 spiro atoms. The fourth-order valence-corrected chi connectivity index (χ4v) is 2.20. The number of amides is 1. The molecule has 2 aromatic rings. The second kappa shape index (κ2) is 5.01. The summed E-state index contributed by atoms with van der Waals surface area (Å²) in [5, 5.41) is 16.2. The summed E-state index contributed by atoms with van der Waals surface area (Å²) in [4.78, 5) is 11.8. The zero-order chi connectivity index (χ0) is 12.3. The van der Waals surface area contributed by atoms with E-state index in [4.69, 9.17) is 0 Å². The molecule has 0 aliphatic rings. The fraction of sp³-hybridized carbons (Fsp3) is 0.154. The predicted octanol–water partition coefficient (Wildman–Crippen LogP) is 2.94. The maximum atomic E-state index is 11.8. The van der Waals surface area contributed by atoms with Crippen molar-refractivity contribution in [3.8, 4) is 5.75 Å². The molecule has 1 heterocycles. The van der Waals surface area contributed by atoms with Crippen LogP contribution in [0.15, 0.2) is 35.0 Å². The number of aromatic hydroxyl groups is 1. The van der Waals surface area contributed by atoms with Crippen LogP contribution in [0.1, 0.15) is 11.1 Å². The first-order chi connectivity index (χ1) is 8.16. The summed E-state index contributed by atoms with van der Waals surface area (Å²) in [6, 6.07) is 7.02. The predicted molar refractivity (Wildman–Crippen MR) is 69.5 cm³/mol. The number of phenolic OH excluding ortho intramolecular Hbond substituents is 1. The van der Waals surface area contributed by atoms with Crippen LogP contribution in [-0.2, 0) is 11.2 Å². The number of benzene rings is 1. The Morgan fingerprint density at radius 2 is 2.24 bits per heavy atom. The fourth-order valence-electron chi connectivity index (χ4n) is 1.53. The highest BCUT2D eigenvalue weighted by atomic mass is 32.1. The van der Waals surface area contributed by atoms with Crippen LogP contribution in [0.2, 0.25) is 0 Å². The van der Waals surface area contributed by atoms with E-state index in [-0.39, 0.29) is 11.7 Å². The first kappa shape index (κ1) is 11.7. The summed E-state index contributed by atoms with van der Waals surface area (Å²) in [7, 11) is 0. The van der Waals surface area contributed by atoms with Gasteiger partial charge in [0, 0.05) is 11.3 Å². The average Bonchev–Trinajstić information content (AvgIpc) is 2.77. The van der Waals surface area contributed by atoms with Gasteiger partial charge >= 0.3 is 0 Å². The highest BCUT2D eigenvalue weighted by molar-refractivity contribution is 7.08. The van der Waals surface area contributed by atoms with Crippen molar-refractivity contribution >= 4 is 22.9 Å². The number of carbonyl (C=O) groups excluding carboxylic acids is 1. The van der Waals surface area contributed by atoms with Crippen molar-refractivity contribution in [1.29, 1.82) is 0 Å². The Bertz CT molecular complexity index is 520. The lowest BCUT2D eigenvalue weighted by Crippen LogP contribution is -2.14. The lowest BCUT2D eigenvalue weighted by molar-refractivity contribution is -0.115. The van der Waals surface area contributed by atoms with E-state index in [9.17, 15) is 9.90 Å². The number of carbonyl (C=O) groups is 1. The van der Waals surface area contributed by atoms with E-state index in [0.29, 0.717) is 17.7 Å². The first-order valence-corrected chi connectivity index (χ1v) is 6.20. The molecule has 2 rings (SSSR count). The lowest BCUT2D eigenvalue weighted by atomic mass is 10.1. The Hall–Kier alpha value is -1.81. The number of rotatable bonds is 3. The number of phenols is 1. The third kappa shape index (κ3) is 2.85. The Kier molecular flexibility index (Phi) is 3.44. The minimum atomic E-state index is -0.0721. The van der Waals surface area contributed by atoms with E-state index in [1.54, 1.807) is 36.5 Å². The SMILES string of the molecule is Cc1c(O)cccc1NC(=O)Cc1ccsc1. The van der Waals surface area contributed by atoms with Crippen molar-refractivity contribution in [3.63, 3.8) is 0 Å². The highest BCUT2D eigenvalue weighted by Crippen LogP contribution is 2.23. The van der Waals surface area contributed by atoms with Crippen LogP contribution >= 0.6 is 11.3 Å². The summed E-state index contributed by atoms with van der Waals surface area (Å²) < 4.78 is 0. The van der Waals surface area contributed by atoms with Crippen molar-refractivity contribution < 1.29 is 9.90 Å². The van der Waals surface area contributed by atoms with Crippen molar-refractivity contribution in [2.45, 2.75) is 13.3 Å².